The summed E-state index contributed by atoms with van der Waals surface area (Å²) in [5.74, 6) is -1.35. The SMILES string of the molecule is C=CCN1C(=O)C(=Cc2cc(C)n(-c3cccc(F)c3)c2C)C(=O)NC1=S. The largest absolute Gasteiger partial charge is 0.318 e. The number of rotatable bonds is 4. The normalized spacial score (nSPS) is 16.0. The van der Waals surface area contributed by atoms with Crippen molar-refractivity contribution in [2.75, 3.05) is 6.54 Å². The maximum Gasteiger partial charge on any atom is 0.265 e. The third kappa shape index (κ3) is 3.46. The van der Waals surface area contributed by atoms with Crippen LogP contribution in [0.15, 0.2) is 48.6 Å². The van der Waals surface area contributed by atoms with Gasteiger partial charge in [-0.05, 0) is 62.0 Å². The maximum atomic E-state index is 13.6. The van der Waals surface area contributed by atoms with Gasteiger partial charge in [-0.2, -0.15) is 0 Å². The highest BCUT2D eigenvalue weighted by atomic mass is 32.1. The molecule has 1 aliphatic heterocycles. The van der Waals surface area contributed by atoms with Gasteiger partial charge in [-0.1, -0.05) is 12.1 Å². The molecule has 0 radical (unpaired) electrons. The Hall–Kier alpha value is -3.06. The number of carbonyl (C=O) groups is 2. The van der Waals surface area contributed by atoms with Crippen LogP contribution in [-0.4, -0.2) is 32.9 Å². The van der Waals surface area contributed by atoms with Crippen molar-refractivity contribution >= 4 is 35.2 Å². The Bertz CT molecular complexity index is 1010. The molecule has 0 saturated carbocycles. The molecule has 0 bridgehead atoms. The van der Waals surface area contributed by atoms with Gasteiger partial charge in [-0.25, -0.2) is 4.39 Å². The molecule has 27 heavy (non-hydrogen) atoms. The zero-order valence-corrected chi connectivity index (χ0v) is 15.8. The number of nitrogens with zero attached hydrogens (tertiary/aromatic N) is 2. The molecule has 0 spiro atoms. The number of nitrogens with one attached hydrogen (secondary N) is 1. The molecular formula is C20H18FN3O2S. The van der Waals surface area contributed by atoms with Crippen molar-refractivity contribution in [3.8, 4) is 5.69 Å². The number of amides is 2. The van der Waals surface area contributed by atoms with Crippen molar-refractivity contribution in [1.82, 2.24) is 14.8 Å². The first-order valence-electron chi connectivity index (χ1n) is 8.28. The van der Waals surface area contributed by atoms with E-state index in [-0.39, 0.29) is 23.0 Å². The second-order valence-electron chi connectivity index (χ2n) is 6.16. The molecule has 1 aromatic carbocycles. The zero-order chi connectivity index (χ0) is 19.7. The lowest BCUT2D eigenvalue weighted by Gasteiger charge is -2.27. The first kappa shape index (κ1) is 18.7. The van der Waals surface area contributed by atoms with E-state index < -0.39 is 11.8 Å². The van der Waals surface area contributed by atoms with Gasteiger partial charge in [0.15, 0.2) is 5.11 Å². The lowest BCUT2D eigenvalue weighted by atomic mass is 10.1. The molecule has 0 aliphatic carbocycles. The molecule has 1 N–H and O–H groups in total. The van der Waals surface area contributed by atoms with Gasteiger partial charge in [-0.15, -0.1) is 6.58 Å². The molecule has 1 saturated heterocycles. The summed E-state index contributed by atoms with van der Waals surface area (Å²) in [5, 5.41) is 2.58. The van der Waals surface area contributed by atoms with E-state index in [2.05, 4.69) is 11.9 Å². The molecule has 138 valence electrons. The molecular weight excluding hydrogens is 365 g/mol. The van der Waals surface area contributed by atoms with Crippen LogP contribution in [0.25, 0.3) is 11.8 Å². The number of aryl methyl sites for hydroxylation is 1. The fraction of sp³-hybridized carbons (Fsp3) is 0.150. The van der Waals surface area contributed by atoms with Crippen LogP contribution in [0.3, 0.4) is 0 Å². The molecule has 5 nitrogen and oxygen atoms in total. The minimum atomic E-state index is -0.541. The predicted octanol–water partition coefficient (Wildman–Crippen LogP) is 3.05. The Balaban J connectivity index is 2.06. The van der Waals surface area contributed by atoms with Crippen LogP contribution in [0.5, 0.6) is 0 Å². The van der Waals surface area contributed by atoms with E-state index in [0.29, 0.717) is 11.3 Å². The first-order chi connectivity index (χ1) is 12.8. The van der Waals surface area contributed by atoms with Crippen LogP contribution in [0, 0.1) is 19.7 Å². The lowest BCUT2D eigenvalue weighted by Crippen LogP contribution is -2.53. The average Bonchev–Trinajstić information content (AvgIpc) is 2.89. The fourth-order valence-electron chi connectivity index (χ4n) is 3.09. The molecule has 1 aliphatic rings. The number of hydrogen-bond acceptors (Lipinski definition) is 3. The average molecular weight is 383 g/mol. The van der Waals surface area contributed by atoms with Crippen molar-refractivity contribution < 1.29 is 14.0 Å². The highest BCUT2D eigenvalue weighted by Crippen LogP contribution is 2.24. The Morgan fingerprint density at radius 1 is 1.26 bits per heavy atom. The van der Waals surface area contributed by atoms with E-state index in [1.807, 2.05) is 24.5 Å². The second kappa shape index (κ2) is 7.28. The van der Waals surface area contributed by atoms with Crippen LogP contribution < -0.4 is 5.32 Å². The van der Waals surface area contributed by atoms with Gasteiger partial charge >= 0.3 is 0 Å². The summed E-state index contributed by atoms with van der Waals surface area (Å²) in [5.41, 5.74) is 3.00. The van der Waals surface area contributed by atoms with Crippen molar-refractivity contribution in [1.29, 1.82) is 0 Å². The van der Waals surface area contributed by atoms with Crippen molar-refractivity contribution in [2.24, 2.45) is 0 Å². The van der Waals surface area contributed by atoms with Gasteiger partial charge in [0.1, 0.15) is 11.4 Å². The van der Waals surface area contributed by atoms with Crippen LogP contribution in [0.2, 0.25) is 0 Å². The van der Waals surface area contributed by atoms with Gasteiger partial charge in [-0.3, -0.25) is 19.8 Å². The van der Waals surface area contributed by atoms with Crippen LogP contribution >= 0.6 is 12.2 Å². The van der Waals surface area contributed by atoms with E-state index in [1.54, 1.807) is 12.1 Å². The Kier molecular flexibility index (Phi) is 5.05. The quantitative estimate of drug-likeness (QED) is 0.382. The third-order valence-corrected chi connectivity index (χ3v) is 4.66. The summed E-state index contributed by atoms with van der Waals surface area (Å²) in [7, 11) is 0. The van der Waals surface area contributed by atoms with Gasteiger partial charge < -0.3 is 4.57 Å². The van der Waals surface area contributed by atoms with Gasteiger partial charge in [0.2, 0.25) is 0 Å². The topological polar surface area (TPSA) is 54.3 Å². The monoisotopic (exact) mass is 383 g/mol. The minimum Gasteiger partial charge on any atom is -0.318 e. The summed E-state index contributed by atoms with van der Waals surface area (Å²) in [6.45, 7) is 7.53. The number of halogens is 1. The molecule has 7 heteroatoms. The molecule has 0 atom stereocenters. The molecule has 2 heterocycles. The third-order valence-electron chi connectivity index (χ3n) is 4.33. The molecule has 1 aromatic heterocycles. The maximum absolute atomic E-state index is 13.6. The summed E-state index contributed by atoms with van der Waals surface area (Å²) in [6, 6.07) is 8.08. The highest BCUT2D eigenvalue weighted by Gasteiger charge is 2.32. The van der Waals surface area contributed by atoms with Crippen LogP contribution in [-0.2, 0) is 9.59 Å². The zero-order valence-electron chi connectivity index (χ0n) is 15.0. The van der Waals surface area contributed by atoms with Crippen molar-refractivity contribution in [3.63, 3.8) is 0 Å². The molecule has 2 aromatic rings. The standard InChI is InChI=1S/C20H18FN3O2S/c1-4-8-23-19(26)17(18(25)22-20(23)27)10-14-9-12(2)24(13(14)3)16-7-5-6-15(21)11-16/h4-7,9-11H,1,8H2,2-3H3,(H,22,25,27). The second-order valence-corrected chi connectivity index (χ2v) is 6.55. The van der Waals surface area contributed by atoms with E-state index in [9.17, 15) is 14.0 Å². The molecule has 3 rings (SSSR count). The summed E-state index contributed by atoms with van der Waals surface area (Å²) in [6.07, 6.45) is 3.07. The van der Waals surface area contributed by atoms with E-state index in [1.165, 1.54) is 29.2 Å². The summed E-state index contributed by atoms with van der Waals surface area (Å²) < 4.78 is 15.5. The molecule has 0 unspecified atom stereocenters. The van der Waals surface area contributed by atoms with E-state index >= 15 is 0 Å². The van der Waals surface area contributed by atoms with Crippen molar-refractivity contribution in [3.05, 3.63) is 71.3 Å². The van der Waals surface area contributed by atoms with Gasteiger partial charge in [0.25, 0.3) is 11.8 Å². The Labute approximate surface area is 161 Å². The van der Waals surface area contributed by atoms with Crippen LogP contribution in [0.4, 0.5) is 4.39 Å². The van der Waals surface area contributed by atoms with Crippen molar-refractivity contribution in [2.45, 2.75) is 13.8 Å². The summed E-state index contributed by atoms with van der Waals surface area (Å²) in [4.78, 5) is 26.2. The number of hydrogen-bond donors (Lipinski definition) is 1. The lowest BCUT2D eigenvalue weighted by molar-refractivity contribution is -0.128. The number of thiocarbonyl (C=S) groups is 1. The van der Waals surface area contributed by atoms with E-state index in [0.717, 1.165) is 11.4 Å². The number of carbonyl (C=O) groups excluding carboxylic acids is 2. The number of aromatic nitrogens is 1. The first-order valence-corrected chi connectivity index (χ1v) is 8.69. The van der Waals surface area contributed by atoms with Crippen LogP contribution in [0.1, 0.15) is 17.0 Å². The molecule has 2 amide bonds. The Morgan fingerprint density at radius 2 is 2.00 bits per heavy atom. The Morgan fingerprint density at radius 3 is 2.67 bits per heavy atom. The minimum absolute atomic E-state index is 0.00931. The molecule has 1 fully saturated rings. The highest BCUT2D eigenvalue weighted by molar-refractivity contribution is 7.80. The number of benzene rings is 1. The smallest absolute Gasteiger partial charge is 0.265 e. The van der Waals surface area contributed by atoms with Gasteiger partial charge in [0.05, 0.1) is 0 Å². The van der Waals surface area contributed by atoms with E-state index in [4.69, 9.17) is 12.2 Å². The predicted molar refractivity (Wildman–Crippen MR) is 106 cm³/mol. The van der Waals surface area contributed by atoms with Gasteiger partial charge in [0, 0.05) is 23.6 Å². The fourth-order valence-corrected chi connectivity index (χ4v) is 3.34. The summed E-state index contributed by atoms with van der Waals surface area (Å²) >= 11 is 5.05.